The van der Waals surface area contributed by atoms with Crippen molar-refractivity contribution in [2.75, 3.05) is 20.3 Å². The molecule has 3 rings (SSSR count). The number of methoxy groups -OCH3 is 1. The Labute approximate surface area is 169 Å². The summed E-state index contributed by atoms with van der Waals surface area (Å²) < 4.78 is 12.1. The number of aromatic nitrogens is 2. The number of carbonyl (C=O) groups excluding carboxylic acids is 3. The lowest BCUT2D eigenvalue weighted by atomic mass is 10.0. The summed E-state index contributed by atoms with van der Waals surface area (Å²) in [6.45, 7) is 4.23. The van der Waals surface area contributed by atoms with Crippen molar-refractivity contribution >= 4 is 17.7 Å². The molecule has 2 aromatic rings. The van der Waals surface area contributed by atoms with Crippen LogP contribution in [-0.4, -0.2) is 52.6 Å². The van der Waals surface area contributed by atoms with Gasteiger partial charge < -0.3 is 19.2 Å². The molecule has 0 saturated heterocycles. The van der Waals surface area contributed by atoms with Gasteiger partial charge in [0.15, 0.2) is 5.69 Å². The molecule has 0 bridgehead atoms. The number of rotatable bonds is 7. The minimum absolute atomic E-state index is 0.0180. The number of ketones is 1. The molecular weight excluding hydrogens is 374 g/mol. The number of benzene rings is 1. The van der Waals surface area contributed by atoms with E-state index in [1.165, 1.54) is 6.92 Å². The van der Waals surface area contributed by atoms with Crippen LogP contribution in [0.4, 0.5) is 0 Å². The first-order valence-corrected chi connectivity index (χ1v) is 9.64. The van der Waals surface area contributed by atoms with Gasteiger partial charge in [0.2, 0.25) is 5.91 Å². The van der Waals surface area contributed by atoms with E-state index < -0.39 is 5.97 Å². The minimum Gasteiger partial charge on any atom is -0.497 e. The predicted molar refractivity (Wildman–Crippen MR) is 105 cm³/mol. The van der Waals surface area contributed by atoms with Crippen LogP contribution in [0.1, 0.15) is 48.4 Å². The molecule has 1 aromatic heterocycles. The van der Waals surface area contributed by atoms with Crippen LogP contribution in [0, 0.1) is 0 Å². The van der Waals surface area contributed by atoms with Crippen LogP contribution < -0.4 is 4.74 Å². The second-order valence-electron chi connectivity index (χ2n) is 6.87. The highest BCUT2D eigenvalue weighted by Crippen LogP contribution is 2.27. The molecular formula is C21H25N3O5. The third-order valence-corrected chi connectivity index (χ3v) is 4.89. The Bertz CT molecular complexity index is 917. The van der Waals surface area contributed by atoms with Gasteiger partial charge in [0, 0.05) is 37.9 Å². The van der Waals surface area contributed by atoms with Gasteiger partial charge in [-0.1, -0.05) is 0 Å². The molecule has 8 heteroatoms. The minimum atomic E-state index is -0.506. The number of Topliss-reactive ketones (excluding diaryl/α,β-unsaturated/α-hetero) is 1. The molecule has 8 nitrogen and oxygen atoms in total. The van der Waals surface area contributed by atoms with Crippen molar-refractivity contribution in [3.63, 3.8) is 0 Å². The molecule has 1 amide bonds. The molecule has 0 atom stereocenters. The second kappa shape index (κ2) is 8.89. The maximum atomic E-state index is 12.5. The first-order chi connectivity index (χ1) is 13.9. The Morgan fingerprint density at radius 2 is 1.86 bits per heavy atom. The molecule has 0 saturated carbocycles. The van der Waals surface area contributed by atoms with E-state index in [-0.39, 0.29) is 43.4 Å². The smallest absolute Gasteiger partial charge is 0.359 e. The summed E-state index contributed by atoms with van der Waals surface area (Å²) in [6.07, 6.45) is 0.948. The van der Waals surface area contributed by atoms with Crippen LogP contribution in [-0.2, 0) is 27.3 Å². The number of esters is 1. The fourth-order valence-corrected chi connectivity index (χ4v) is 3.37. The molecule has 0 spiro atoms. The van der Waals surface area contributed by atoms with Gasteiger partial charge in [-0.15, -0.1) is 0 Å². The van der Waals surface area contributed by atoms with Crippen molar-refractivity contribution in [2.24, 2.45) is 0 Å². The van der Waals surface area contributed by atoms with Crippen molar-refractivity contribution < 1.29 is 23.9 Å². The number of ether oxygens (including phenoxy) is 2. The predicted octanol–water partition coefficient (Wildman–Crippen LogP) is 2.31. The van der Waals surface area contributed by atoms with E-state index in [9.17, 15) is 14.4 Å². The van der Waals surface area contributed by atoms with E-state index in [4.69, 9.17) is 9.47 Å². The zero-order valence-electron chi connectivity index (χ0n) is 16.9. The van der Waals surface area contributed by atoms with Crippen molar-refractivity contribution in [1.82, 2.24) is 14.7 Å². The van der Waals surface area contributed by atoms with Crippen LogP contribution in [0.2, 0.25) is 0 Å². The summed E-state index contributed by atoms with van der Waals surface area (Å²) in [5, 5.41) is 4.51. The quantitative estimate of drug-likeness (QED) is 0.664. The summed E-state index contributed by atoms with van der Waals surface area (Å²) in [5.41, 5.74) is 2.60. The average molecular weight is 399 g/mol. The lowest BCUT2D eigenvalue weighted by molar-refractivity contribution is -0.133. The van der Waals surface area contributed by atoms with Gasteiger partial charge in [0.05, 0.1) is 25.1 Å². The molecule has 0 N–H and O–H groups in total. The van der Waals surface area contributed by atoms with E-state index >= 15 is 0 Å². The van der Waals surface area contributed by atoms with E-state index in [0.717, 1.165) is 17.1 Å². The highest BCUT2D eigenvalue weighted by Gasteiger charge is 2.31. The van der Waals surface area contributed by atoms with E-state index in [1.54, 1.807) is 23.6 Å². The van der Waals surface area contributed by atoms with Crippen LogP contribution in [0.25, 0.3) is 5.69 Å². The topological polar surface area (TPSA) is 90.7 Å². The number of hydrogen-bond acceptors (Lipinski definition) is 6. The molecule has 29 heavy (non-hydrogen) atoms. The number of nitrogens with zero attached hydrogens (tertiary/aromatic N) is 3. The molecule has 1 aliphatic rings. The highest BCUT2D eigenvalue weighted by atomic mass is 16.5. The standard InChI is InChI=1S/C21H25N3O5/c1-4-29-21(27)20-17-13-23(19(26)10-5-14(2)25)12-11-18(17)24(22-20)15-6-8-16(28-3)9-7-15/h6-9H,4-5,10-13H2,1-3H3. The van der Waals surface area contributed by atoms with Crippen molar-refractivity contribution in [2.45, 2.75) is 39.7 Å². The maximum Gasteiger partial charge on any atom is 0.359 e. The summed E-state index contributed by atoms with van der Waals surface area (Å²) in [6, 6.07) is 7.39. The fraction of sp³-hybridized carbons (Fsp3) is 0.429. The monoisotopic (exact) mass is 399 g/mol. The van der Waals surface area contributed by atoms with Gasteiger partial charge >= 0.3 is 5.97 Å². The molecule has 154 valence electrons. The van der Waals surface area contributed by atoms with Gasteiger partial charge in [-0.2, -0.15) is 5.10 Å². The van der Waals surface area contributed by atoms with E-state index in [1.807, 2.05) is 24.3 Å². The Hall–Kier alpha value is -3.16. The van der Waals surface area contributed by atoms with Gasteiger partial charge in [0.1, 0.15) is 11.5 Å². The molecule has 1 aliphatic heterocycles. The lowest BCUT2D eigenvalue weighted by Crippen LogP contribution is -2.36. The summed E-state index contributed by atoms with van der Waals surface area (Å²) in [4.78, 5) is 37.8. The highest BCUT2D eigenvalue weighted by molar-refractivity contribution is 5.90. The molecule has 2 heterocycles. The molecule has 0 unspecified atom stereocenters. The van der Waals surface area contributed by atoms with Crippen LogP contribution in [0.5, 0.6) is 5.75 Å². The third kappa shape index (κ3) is 4.47. The summed E-state index contributed by atoms with van der Waals surface area (Å²) in [5.74, 6) is 0.102. The Kier molecular flexibility index (Phi) is 6.31. The Morgan fingerprint density at radius 1 is 1.14 bits per heavy atom. The van der Waals surface area contributed by atoms with Crippen LogP contribution >= 0.6 is 0 Å². The second-order valence-corrected chi connectivity index (χ2v) is 6.87. The SMILES string of the molecule is CCOC(=O)c1nn(-c2ccc(OC)cc2)c2c1CN(C(=O)CCC(C)=O)CC2. The Balaban J connectivity index is 1.94. The molecule has 1 aromatic carbocycles. The zero-order valence-corrected chi connectivity index (χ0v) is 16.9. The van der Waals surface area contributed by atoms with Gasteiger partial charge in [-0.05, 0) is 38.1 Å². The molecule has 0 aliphatic carbocycles. The number of amides is 1. The normalized spacial score (nSPS) is 13.0. The largest absolute Gasteiger partial charge is 0.497 e. The van der Waals surface area contributed by atoms with Crippen LogP contribution in [0.3, 0.4) is 0 Å². The van der Waals surface area contributed by atoms with Crippen molar-refractivity contribution in [1.29, 1.82) is 0 Å². The maximum absolute atomic E-state index is 12.5. The fourth-order valence-electron chi connectivity index (χ4n) is 3.37. The number of carbonyl (C=O) groups is 3. The first-order valence-electron chi connectivity index (χ1n) is 9.64. The third-order valence-electron chi connectivity index (χ3n) is 4.89. The molecule has 0 radical (unpaired) electrons. The van der Waals surface area contributed by atoms with Gasteiger partial charge in [-0.3, -0.25) is 4.79 Å². The zero-order chi connectivity index (χ0) is 21.0. The van der Waals surface area contributed by atoms with E-state index in [2.05, 4.69) is 5.10 Å². The Morgan fingerprint density at radius 3 is 2.48 bits per heavy atom. The van der Waals surface area contributed by atoms with E-state index in [0.29, 0.717) is 18.5 Å². The van der Waals surface area contributed by atoms with Crippen LogP contribution in [0.15, 0.2) is 24.3 Å². The summed E-state index contributed by atoms with van der Waals surface area (Å²) >= 11 is 0. The summed E-state index contributed by atoms with van der Waals surface area (Å²) in [7, 11) is 1.60. The first kappa shape index (κ1) is 20.6. The van der Waals surface area contributed by atoms with Crippen molar-refractivity contribution in [3.8, 4) is 11.4 Å². The van der Waals surface area contributed by atoms with Crippen molar-refractivity contribution in [3.05, 3.63) is 41.2 Å². The average Bonchev–Trinajstić information content (AvgIpc) is 3.11. The number of hydrogen-bond donors (Lipinski definition) is 0. The lowest BCUT2D eigenvalue weighted by Gasteiger charge is -2.28. The number of fused-ring (bicyclic) bond motifs is 1. The molecule has 0 fully saturated rings. The van der Waals surface area contributed by atoms with Gasteiger partial charge in [0.25, 0.3) is 0 Å². The van der Waals surface area contributed by atoms with Gasteiger partial charge in [-0.25, -0.2) is 9.48 Å².